The van der Waals surface area contributed by atoms with Crippen LogP contribution in [-0.4, -0.2) is 34.0 Å². The summed E-state index contributed by atoms with van der Waals surface area (Å²) in [5.41, 5.74) is 5.16. The summed E-state index contributed by atoms with van der Waals surface area (Å²) in [5.74, 6) is 4.61. The number of nitrogens with two attached hydrogens (primary N) is 1. The summed E-state index contributed by atoms with van der Waals surface area (Å²) in [6, 6.07) is 4.33. The van der Waals surface area contributed by atoms with Gasteiger partial charge in [-0.25, -0.2) is 10.6 Å². The minimum absolute atomic E-state index is 0.0596. The number of nitrogens with one attached hydrogen (secondary N) is 1. The maximum absolute atomic E-state index is 12.8. The first-order chi connectivity index (χ1) is 15.3. The zero-order valence-corrected chi connectivity index (χ0v) is 20.8. The van der Waals surface area contributed by atoms with Crippen LogP contribution in [0.25, 0.3) is 11.4 Å². The van der Waals surface area contributed by atoms with Crippen LogP contribution in [-0.2, 0) is 16.0 Å². The molecule has 2 rings (SSSR count). The number of carboxylic acids is 1. The van der Waals surface area contributed by atoms with Crippen molar-refractivity contribution in [2.24, 2.45) is 11.3 Å². The highest BCUT2D eigenvalue weighted by atomic mass is 16.4. The first kappa shape index (κ1) is 26.1. The molecule has 6 nitrogen and oxygen atoms in total. The van der Waals surface area contributed by atoms with Crippen molar-refractivity contribution < 1.29 is 14.7 Å². The van der Waals surface area contributed by atoms with Crippen molar-refractivity contribution in [3.05, 3.63) is 70.8 Å². The highest BCUT2D eigenvalue weighted by Crippen LogP contribution is 2.36. The van der Waals surface area contributed by atoms with E-state index in [1.165, 1.54) is 12.2 Å². The lowest BCUT2D eigenvalue weighted by Gasteiger charge is -2.38. The van der Waals surface area contributed by atoms with Crippen LogP contribution in [0.2, 0.25) is 0 Å². The molecule has 1 aliphatic rings. The number of carbonyl (C=O) groups excluding carboxylic acids is 1. The van der Waals surface area contributed by atoms with Crippen LogP contribution < -0.4 is 11.2 Å². The number of hydrogen-bond acceptors (Lipinski definition) is 5. The van der Waals surface area contributed by atoms with Gasteiger partial charge in [0.25, 0.3) is 0 Å². The summed E-state index contributed by atoms with van der Waals surface area (Å²) < 4.78 is 0. The van der Waals surface area contributed by atoms with Gasteiger partial charge < -0.3 is 15.4 Å². The van der Waals surface area contributed by atoms with E-state index < -0.39 is 11.8 Å². The second kappa shape index (κ2) is 10.2. The Morgan fingerprint density at radius 2 is 1.94 bits per heavy atom. The molecule has 1 aliphatic heterocycles. The van der Waals surface area contributed by atoms with Gasteiger partial charge >= 0.3 is 5.97 Å². The molecule has 0 aromatic heterocycles. The molecule has 178 valence electrons. The average molecular weight is 452 g/mol. The molecule has 0 bridgehead atoms. The fourth-order valence-corrected chi connectivity index (χ4v) is 3.91. The molecule has 0 spiro atoms. The Bertz CT molecular complexity index is 1040. The molecule has 6 heteroatoms. The third-order valence-corrected chi connectivity index (χ3v) is 5.99. The number of ketones is 1. The maximum Gasteiger partial charge on any atom is 0.339 e. The van der Waals surface area contributed by atoms with Crippen LogP contribution in [0, 0.1) is 12.3 Å². The molecule has 33 heavy (non-hydrogen) atoms. The number of hydrazine groups is 1. The van der Waals surface area contributed by atoms with Crippen molar-refractivity contribution in [2.45, 2.75) is 67.0 Å². The molecule has 1 aromatic carbocycles. The van der Waals surface area contributed by atoms with Crippen molar-refractivity contribution in [3.8, 4) is 0 Å². The van der Waals surface area contributed by atoms with Crippen molar-refractivity contribution in [3.63, 3.8) is 0 Å². The Balaban J connectivity index is 2.71. The number of nitrogens with zero attached hydrogens (tertiary/aromatic N) is 1. The van der Waals surface area contributed by atoms with E-state index in [1.807, 2.05) is 32.9 Å². The SMILES string of the molecule is C=C/C=C(/c1cc2c(cc1C)/C(=C/C(=O)/C(=C\C)C(=O)O)NC(C(C)(C)C)C2)N(N)C(C)C. The van der Waals surface area contributed by atoms with Crippen molar-refractivity contribution in [2.75, 3.05) is 0 Å². The van der Waals surface area contributed by atoms with Crippen LogP contribution in [0.1, 0.15) is 63.8 Å². The average Bonchev–Trinajstić information content (AvgIpc) is 2.71. The minimum atomic E-state index is -1.23. The number of carbonyl (C=O) groups is 2. The van der Waals surface area contributed by atoms with Crippen LogP contribution in [0.15, 0.2) is 48.6 Å². The molecule has 4 N–H and O–H groups in total. The Hall–Kier alpha value is -3.12. The minimum Gasteiger partial charge on any atom is -0.478 e. The molecule has 1 unspecified atom stereocenters. The Morgan fingerprint density at radius 1 is 1.30 bits per heavy atom. The highest BCUT2D eigenvalue weighted by molar-refractivity contribution is 6.22. The number of aliphatic carboxylic acids is 1. The van der Waals surface area contributed by atoms with E-state index in [9.17, 15) is 14.7 Å². The van der Waals surface area contributed by atoms with Gasteiger partial charge in [-0.15, -0.1) is 0 Å². The molecular formula is C27H37N3O3. The first-order valence-corrected chi connectivity index (χ1v) is 11.2. The zero-order chi connectivity index (χ0) is 25.1. The number of carboxylic acid groups (broad SMARTS) is 1. The van der Waals surface area contributed by atoms with Crippen LogP contribution in [0.4, 0.5) is 0 Å². The standard InChI is InChI=1S/C27H37N3O3/c1-9-11-23(30(28)16(3)4)20-13-18-14-25(27(6,7)8)29-22(21(18)12-17(20)5)15-24(31)19(10-2)26(32)33/h9-13,15-16,25,29H,1,14,28H2,2-8H3,(H,32,33)/b19-10+,22-15-,23-11-. The van der Waals surface area contributed by atoms with E-state index in [0.29, 0.717) is 5.70 Å². The topological polar surface area (TPSA) is 95.7 Å². The van der Waals surface area contributed by atoms with Gasteiger partial charge in [0, 0.05) is 35.0 Å². The summed E-state index contributed by atoms with van der Waals surface area (Å²) in [6.07, 6.45) is 7.13. The van der Waals surface area contributed by atoms with Crippen LogP contribution in [0.3, 0.4) is 0 Å². The maximum atomic E-state index is 12.8. The molecule has 1 heterocycles. The van der Waals surface area contributed by atoms with Gasteiger partial charge in [-0.3, -0.25) is 4.79 Å². The lowest BCUT2D eigenvalue weighted by Crippen LogP contribution is -2.44. The van der Waals surface area contributed by atoms with Gasteiger partial charge in [0.15, 0.2) is 5.78 Å². The predicted octanol–water partition coefficient (Wildman–Crippen LogP) is 4.61. The van der Waals surface area contributed by atoms with E-state index in [4.69, 9.17) is 5.84 Å². The largest absolute Gasteiger partial charge is 0.478 e. The molecule has 0 radical (unpaired) electrons. The lowest BCUT2D eigenvalue weighted by molar-refractivity contribution is -0.134. The van der Waals surface area contributed by atoms with Crippen LogP contribution in [0.5, 0.6) is 0 Å². The van der Waals surface area contributed by atoms with Gasteiger partial charge in [0.1, 0.15) is 5.57 Å². The molecule has 0 saturated carbocycles. The number of rotatable bonds is 7. The van der Waals surface area contributed by atoms with Gasteiger partial charge in [0.05, 0.1) is 5.70 Å². The van der Waals surface area contributed by atoms with E-state index in [1.54, 1.807) is 18.0 Å². The molecule has 0 amide bonds. The van der Waals surface area contributed by atoms with Crippen molar-refractivity contribution in [1.29, 1.82) is 0 Å². The fourth-order valence-electron chi connectivity index (χ4n) is 3.91. The third kappa shape index (κ3) is 5.82. The first-order valence-electron chi connectivity index (χ1n) is 11.2. The fraction of sp³-hybridized carbons (Fsp3) is 0.407. The molecule has 1 aromatic rings. The van der Waals surface area contributed by atoms with Crippen molar-refractivity contribution >= 4 is 23.1 Å². The predicted molar refractivity (Wildman–Crippen MR) is 135 cm³/mol. The lowest BCUT2D eigenvalue weighted by atomic mass is 9.78. The van der Waals surface area contributed by atoms with Gasteiger partial charge in [-0.2, -0.15) is 0 Å². The summed E-state index contributed by atoms with van der Waals surface area (Å²) in [7, 11) is 0. The second-order valence-corrected chi connectivity index (χ2v) is 9.81. The van der Waals surface area contributed by atoms with E-state index in [-0.39, 0.29) is 23.1 Å². The molecule has 0 saturated heterocycles. The molecule has 0 aliphatic carbocycles. The number of allylic oxidation sites excluding steroid dienone is 4. The number of fused-ring (bicyclic) bond motifs is 1. The van der Waals surface area contributed by atoms with E-state index in [0.717, 1.165) is 34.4 Å². The summed E-state index contributed by atoms with van der Waals surface area (Å²) in [5, 5.41) is 14.6. The summed E-state index contributed by atoms with van der Waals surface area (Å²) >= 11 is 0. The second-order valence-electron chi connectivity index (χ2n) is 9.81. The van der Waals surface area contributed by atoms with Crippen molar-refractivity contribution in [1.82, 2.24) is 10.3 Å². The quantitative estimate of drug-likeness (QED) is 0.140. The Labute approximate surface area is 197 Å². The number of benzene rings is 1. The van der Waals surface area contributed by atoms with Gasteiger partial charge in [-0.1, -0.05) is 39.5 Å². The number of hydrogen-bond donors (Lipinski definition) is 3. The molecule has 1 atom stereocenters. The normalized spacial score (nSPS) is 18.1. The third-order valence-electron chi connectivity index (χ3n) is 5.99. The molecule has 0 fully saturated rings. The highest BCUT2D eigenvalue weighted by Gasteiger charge is 2.32. The molecular weight excluding hydrogens is 414 g/mol. The Morgan fingerprint density at radius 3 is 2.42 bits per heavy atom. The summed E-state index contributed by atoms with van der Waals surface area (Å²) in [6.45, 7) is 17.9. The Kier molecular flexibility index (Phi) is 8.09. The number of aryl methyl sites for hydroxylation is 1. The zero-order valence-electron chi connectivity index (χ0n) is 20.8. The van der Waals surface area contributed by atoms with Gasteiger partial charge in [0.2, 0.25) is 0 Å². The van der Waals surface area contributed by atoms with E-state index in [2.05, 4.69) is 38.7 Å². The monoisotopic (exact) mass is 451 g/mol. The van der Waals surface area contributed by atoms with Crippen LogP contribution >= 0.6 is 0 Å². The smallest absolute Gasteiger partial charge is 0.339 e. The summed E-state index contributed by atoms with van der Waals surface area (Å²) in [4.78, 5) is 24.2. The van der Waals surface area contributed by atoms with Gasteiger partial charge in [-0.05, 0) is 68.9 Å². The van der Waals surface area contributed by atoms with E-state index >= 15 is 0 Å².